The lowest BCUT2D eigenvalue weighted by atomic mass is 9.97. The van der Waals surface area contributed by atoms with Crippen molar-refractivity contribution in [2.24, 2.45) is 0 Å². The van der Waals surface area contributed by atoms with Crippen molar-refractivity contribution in [2.45, 2.75) is 24.1 Å². The molecule has 2 aromatic rings. The average molecular weight is 343 g/mol. The summed E-state index contributed by atoms with van der Waals surface area (Å²) in [5.41, 5.74) is 2.46. The number of nitrogen functional groups attached to an aromatic ring is 1. The third-order valence-electron chi connectivity index (χ3n) is 3.72. The number of nitrogens with zero attached hydrogens (tertiary/aromatic N) is 2. The van der Waals surface area contributed by atoms with Crippen molar-refractivity contribution in [3.63, 3.8) is 0 Å². The molecule has 0 bridgehead atoms. The molecule has 23 heavy (non-hydrogen) atoms. The Kier molecular flexibility index (Phi) is 3.77. The molecule has 2 aromatic heterocycles. The summed E-state index contributed by atoms with van der Waals surface area (Å²) in [4.78, 5) is 18.1. The number of hydrogen-bond donors (Lipinski definition) is 4. The van der Waals surface area contributed by atoms with Crippen molar-refractivity contribution >= 4 is 28.6 Å². The van der Waals surface area contributed by atoms with Crippen molar-refractivity contribution in [1.29, 1.82) is 0 Å². The molecule has 2 unspecified atom stereocenters. The molecule has 1 aliphatic rings. The van der Waals surface area contributed by atoms with Crippen LogP contribution in [0.2, 0.25) is 0 Å². The molecule has 0 saturated carbocycles. The quantitative estimate of drug-likeness (QED) is 0.543. The number of nitrogens with two attached hydrogens (primary N) is 1. The number of ether oxygens (including phenoxy) is 1. The van der Waals surface area contributed by atoms with Crippen LogP contribution in [0, 0.1) is 11.3 Å². The summed E-state index contributed by atoms with van der Waals surface area (Å²) in [7, 11) is 0. The van der Waals surface area contributed by atoms with Gasteiger partial charge in [0.2, 0.25) is 11.6 Å². The van der Waals surface area contributed by atoms with Gasteiger partial charge in [-0.05, 0) is 23.6 Å². The molecule has 3 heterocycles. The first-order chi connectivity index (χ1) is 10.9. The Morgan fingerprint density at radius 3 is 3.04 bits per heavy atom. The van der Waals surface area contributed by atoms with Crippen molar-refractivity contribution in [3.8, 4) is 11.3 Å². The summed E-state index contributed by atoms with van der Waals surface area (Å²) in [5, 5.41) is 21.3. The zero-order chi connectivity index (χ0) is 16.8. The molecule has 122 valence electrons. The van der Waals surface area contributed by atoms with E-state index < -0.39 is 36.3 Å². The maximum atomic E-state index is 15.2. The van der Waals surface area contributed by atoms with E-state index in [-0.39, 0.29) is 17.0 Å². The van der Waals surface area contributed by atoms with E-state index in [1.165, 1.54) is 16.8 Å². The van der Waals surface area contributed by atoms with E-state index in [2.05, 4.69) is 15.9 Å². The molecule has 3 rings (SSSR count). The lowest BCUT2D eigenvalue weighted by Gasteiger charge is -2.24. The van der Waals surface area contributed by atoms with Crippen LogP contribution in [0.4, 0.5) is 10.3 Å². The van der Waals surface area contributed by atoms with Crippen molar-refractivity contribution in [1.82, 2.24) is 14.5 Å². The molecule has 10 heteroatoms. The SMILES string of the molecule is Nc1nc2c(ccn2[C@@H]2OC(CO)C(O)[C@]2(F)C#CCl)c(=O)[nH]1. The van der Waals surface area contributed by atoms with Crippen LogP contribution in [0.3, 0.4) is 0 Å². The lowest BCUT2D eigenvalue weighted by molar-refractivity contribution is -0.0501. The number of aromatic amines is 1. The fourth-order valence-corrected chi connectivity index (χ4v) is 2.77. The number of hydrogen-bond acceptors (Lipinski definition) is 6. The molecular formula is C13H12ClFN4O4. The molecule has 5 N–H and O–H groups in total. The van der Waals surface area contributed by atoms with E-state index in [9.17, 15) is 15.0 Å². The minimum Gasteiger partial charge on any atom is -0.394 e. The number of aliphatic hydroxyl groups excluding tert-OH is 2. The summed E-state index contributed by atoms with van der Waals surface area (Å²) in [5.74, 6) is 1.90. The molecule has 4 atom stereocenters. The molecule has 8 nitrogen and oxygen atoms in total. The number of fused-ring (bicyclic) bond motifs is 1. The molecule has 0 aliphatic carbocycles. The number of alkyl halides is 1. The van der Waals surface area contributed by atoms with Gasteiger partial charge in [-0.3, -0.25) is 9.78 Å². The van der Waals surface area contributed by atoms with E-state index in [4.69, 9.17) is 22.1 Å². The van der Waals surface area contributed by atoms with E-state index in [0.29, 0.717) is 0 Å². The van der Waals surface area contributed by atoms with Gasteiger partial charge in [-0.15, -0.1) is 0 Å². The van der Waals surface area contributed by atoms with Gasteiger partial charge in [-0.2, -0.15) is 4.98 Å². The van der Waals surface area contributed by atoms with Crippen LogP contribution in [-0.4, -0.2) is 49.2 Å². The number of rotatable bonds is 2. The van der Waals surface area contributed by atoms with Crippen LogP contribution in [0.1, 0.15) is 6.23 Å². The van der Waals surface area contributed by atoms with Crippen molar-refractivity contribution < 1.29 is 19.3 Å². The molecule has 0 spiro atoms. The Bertz CT molecular complexity index is 872. The Balaban J connectivity index is 2.20. The molecule has 1 fully saturated rings. The monoisotopic (exact) mass is 342 g/mol. The largest absolute Gasteiger partial charge is 0.394 e. The Morgan fingerprint density at radius 1 is 1.65 bits per heavy atom. The summed E-state index contributed by atoms with van der Waals surface area (Å²) in [6.45, 7) is -0.622. The van der Waals surface area contributed by atoms with Crippen molar-refractivity contribution in [3.05, 3.63) is 22.6 Å². The highest BCUT2D eigenvalue weighted by molar-refractivity contribution is 6.30. The molecule has 0 aromatic carbocycles. The van der Waals surface area contributed by atoms with Gasteiger partial charge in [0, 0.05) is 11.6 Å². The van der Waals surface area contributed by atoms with Gasteiger partial charge in [0.05, 0.1) is 12.0 Å². The van der Waals surface area contributed by atoms with Gasteiger partial charge in [0.1, 0.15) is 12.2 Å². The van der Waals surface area contributed by atoms with Gasteiger partial charge in [-0.25, -0.2) is 4.39 Å². The summed E-state index contributed by atoms with van der Waals surface area (Å²) in [6, 6.07) is 1.40. The molecule has 1 aliphatic heterocycles. The fourth-order valence-electron chi connectivity index (χ4n) is 2.62. The zero-order valence-corrected chi connectivity index (χ0v) is 12.3. The minimum atomic E-state index is -2.60. The van der Waals surface area contributed by atoms with Gasteiger partial charge in [0.25, 0.3) is 5.56 Å². The van der Waals surface area contributed by atoms with Gasteiger partial charge in [0.15, 0.2) is 11.9 Å². The van der Waals surface area contributed by atoms with E-state index in [1.807, 2.05) is 5.38 Å². The van der Waals surface area contributed by atoms with Crippen LogP contribution in [-0.2, 0) is 4.74 Å². The highest BCUT2D eigenvalue weighted by Crippen LogP contribution is 2.42. The third-order valence-corrected chi connectivity index (χ3v) is 3.81. The molecule has 0 amide bonds. The molecule has 1 saturated heterocycles. The number of halogens is 2. The maximum absolute atomic E-state index is 15.2. The second-order valence-corrected chi connectivity index (χ2v) is 5.24. The summed E-state index contributed by atoms with van der Waals surface area (Å²) < 4.78 is 21.7. The standard InChI is InChI=1S/C13H12ClFN4O4/c14-3-2-13(15)8(21)7(5-20)23-11(13)19-4-1-6-9(19)17-12(16)18-10(6)22/h1,4,7-8,11,20-21H,5H2,(H3,16,17,18,22)/t7?,8?,11-,13-/m1/s1. The summed E-state index contributed by atoms with van der Waals surface area (Å²) in [6.07, 6.45) is -3.06. The van der Waals surface area contributed by atoms with Crippen LogP contribution in [0.5, 0.6) is 0 Å². The van der Waals surface area contributed by atoms with E-state index >= 15 is 4.39 Å². The lowest BCUT2D eigenvalue weighted by Crippen LogP contribution is -2.42. The van der Waals surface area contributed by atoms with Crippen LogP contribution < -0.4 is 11.3 Å². The Morgan fingerprint density at radius 2 is 2.39 bits per heavy atom. The first kappa shape index (κ1) is 15.8. The number of H-pyrrole nitrogens is 1. The van der Waals surface area contributed by atoms with E-state index in [1.54, 1.807) is 0 Å². The molecular weight excluding hydrogens is 331 g/mol. The Hall–Kier alpha value is -2.12. The van der Waals surface area contributed by atoms with Crippen LogP contribution >= 0.6 is 11.6 Å². The highest BCUT2D eigenvalue weighted by Gasteiger charge is 2.57. The number of aromatic nitrogens is 3. The fraction of sp³-hybridized carbons (Fsp3) is 0.385. The topological polar surface area (TPSA) is 126 Å². The normalized spacial score (nSPS) is 30.3. The van der Waals surface area contributed by atoms with Crippen LogP contribution in [0.15, 0.2) is 17.1 Å². The third kappa shape index (κ3) is 2.27. The van der Waals surface area contributed by atoms with Gasteiger partial charge < -0.3 is 25.3 Å². The predicted octanol–water partition coefficient (Wildman–Crippen LogP) is -0.535. The van der Waals surface area contributed by atoms with Crippen LogP contribution in [0.25, 0.3) is 11.0 Å². The minimum absolute atomic E-state index is 0.0560. The van der Waals surface area contributed by atoms with Gasteiger partial charge in [-0.1, -0.05) is 0 Å². The number of nitrogens with one attached hydrogen (secondary N) is 1. The summed E-state index contributed by atoms with van der Waals surface area (Å²) >= 11 is 5.29. The first-order valence-corrected chi connectivity index (χ1v) is 6.92. The maximum Gasteiger partial charge on any atom is 0.261 e. The highest BCUT2D eigenvalue weighted by atomic mass is 35.5. The van der Waals surface area contributed by atoms with Gasteiger partial charge >= 0.3 is 0 Å². The number of anilines is 1. The smallest absolute Gasteiger partial charge is 0.261 e. The Labute approximate surface area is 133 Å². The van der Waals surface area contributed by atoms with Crippen molar-refractivity contribution in [2.75, 3.05) is 12.3 Å². The first-order valence-electron chi connectivity index (χ1n) is 6.54. The molecule has 0 radical (unpaired) electrons. The zero-order valence-electron chi connectivity index (χ0n) is 11.5. The second kappa shape index (κ2) is 5.50. The number of aliphatic hydroxyl groups is 2. The van der Waals surface area contributed by atoms with E-state index in [0.717, 1.165) is 0 Å². The predicted molar refractivity (Wildman–Crippen MR) is 79.2 cm³/mol. The average Bonchev–Trinajstić information content (AvgIpc) is 3.01. The second-order valence-electron chi connectivity index (χ2n) is 5.05.